The quantitative estimate of drug-likeness (QED) is 0.859. The molecule has 0 aromatic carbocycles. The minimum absolute atomic E-state index is 0.104. The van der Waals surface area contributed by atoms with Crippen molar-refractivity contribution in [3.8, 4) is 0 Å². The second kappa shape index (κ2) is 4.18. The van der Waals surface area contributed by atoms with Crippen molar-refractivity contribution < 1.29 is 23.1 Å². The predicted octanol–water partition coefficient (Wildman–Crippen LogP) is 2.28. The van der Waals surface area contributed by atoms with E-state index in [4.69, 9.17) is 5.11 Å². The standard InChI is InChI=1S/C10H12F3N3O2/c1-2-5-3-7(10(11,12)13)16-8(14-5)4-6(15-16)9(17)18/h4-5,7,14H,2-3H2,1H3,(H,17,18)/t5-,7-/m0/s1. The Kier molecular flexibility index (Phi) is 2.95. The van der Waals surface area contributed by atoms with E-state index in [0.717, 1.165) is 10.7 Å². The van der Waals surface area contributed by atoms with Gasteiger partial charge in [0.1, 0.15) is 5.82 Å². The van der Waals surface area contributed by atoms with Crippen LogP contribution in [0.5, 0.6) is 0 Å². The van der Waals surface area contributed by atoms with Gasteiger partial charge in [-0.15, -0.1) is 0 Å². The van der Waals surface area contributed by atoms with Gasteiger partial charge in [-0.1, -0.05) is 6.92 Å². The molecule has 100 valence electrons. The largest absolute Gasteiger partial charge is 0.476 e. The number of aromatic carboxylic acids is 1. The van der Waals surface area contributed by atoms with Crippen molar-refractivity contribution in [2.45, 2.75) is 38.0 Å². The van der Waals surface area contributed by atoms with E-state index in [0.29, 0.717) is 6.42 Å². The molecule has 0 spiro atoms. The highest BCUT2D eigenvalue weighted by atomic mass is 19.4. The van der Waals surface area contributed by atoms with Crippen LogP contribution < -0.4 is 5.32 Å². The molecule has 2 heterocycles. The Balaban J connectivity index is 2.43. The van der Waals surface area contributed by atoms with Gasteiger partial charge in [0, 0.05) is 12.1 Å². The molecule has 0 amide bonds. The Bertz CT molecular complexity index is 469. The molecule has 8 heteroatoms. The molecule has 2 rings (SSSR count). The molecule has 0 saturated heterocycles. The zero-order valence-corrected chi connectivity index (χ0v) is 9.53. The van der Waals surface area contributed by atoms with Gasteiger partial charge in [-0.25, -0.2) is 9.48 Å². The molecule has 1 aromatic heterocycles. The number of carboxylic acids is 1. The van der Waals surface area contributed by atoms with Crippen LogP contribution >= 0.6 is 0 Å². The number of halogens is 3. The molecule has 0 aliphatic carbocycles. The normalized spacial score (nSPS) is 23.3. The first kappa shape index (κ1) is 12.7. The Morgan fingerprint density at radius 1 is 1.67 bits per heavy atom. The van der Waals surface area contributed by atoms with E-state index in [2.05, 4.69) is 10.4 Å². The number of carbonyl (C=O) groups is 1. The minimum atomic E-state index is -4.44. The molecule has 0 unspecified atom stereocenters. The molecule has 1 aliphatic heterocycles. The maximum Gasteiger partial charge on any atom is 0.410 e. The zero-order valence-electron chi connectivity index (χ0n) is 9.53. The van der Waals surface area contributed by atoms with E-state index < -0.39 is 18.2 Å². The molecule has 2 atom stereocenters. The Hall–Kier alpha value is -1.73. The van der Waals surface area contributed by atoms with E-state index >= 15 is 0 Å². The lowest BCUT2D eigenvalue weighted by Crippen LogP contribution is -2.38. The molecule has 1 aliphatic rings. The minimum Gasteiger partial charge on any atom is -0.476 e. The van der Waals surface area contributed by atoms with Crippen LogP contribution in [0.2, 0.25) is 0 Å². The van der Waals surface area contributed by atoms with Crippen LogP contribution in [0.4, 0.5) is 19.0 Å². The average Bonchev–Trinajstić information content (AvgIpc) is 2.69. The number of hydrogen-bond acceptors (Lipinski definition) is 3. The highest BCUT2D eigenvalue weighted by Crippen LogP contribution is 2.39. The van der Waals surface area contributed by atoms with Gasteiger partial charge in [-0.05, 0) is 12.8 Å². The Morgan fingerprint density at radius 2 is 2.33 bits per heavy atom. The highest BCUT2D eigenvalue weighted by Gasteiger charge is 2.46. The van der Waals surface area contributed by atoms with E-state index in [1.165, 1.54) is 0 Å². The molecule has 0 bridgehead atoms. The number of carboxylic acid groups (broad SMARTS) is 1. The van der Waals surface area contributed by atoms with Gasteiger partial charge >= 0.3 is 12.1 Å². The Labute approximate surface area is 101 Å². The molecule has 2 N–H and O–H groups in total. The third kappa shape index (κ3) is 2.14. The maximum atomic E-state index is 12.9. The van der Waals surface area contributed by atoms with Crippen molar-refractivity contribution in [2.24, 2.45) is 0 Å². The first-order valence-electron chi connectivity index (χ1n) is 5.49. The fourth-order valence-corrected chi connectivity index (χ4v) is 2.02. The lowest BCUT2D eigenvalue weighted by molar-refractivity contribution is -0.173. The molecule has 18 heavy (non-hydrogen) atoms. The average molecular weight is 263 g/mol. The number of aromatic nitrogens is 2. The molecular formula is C10H12F3N3O2. The first-order chi connectivity index (χ1) is 8.32. The fraction of sp³-hybridized carbons (Fsp3) is 0.600. The summed E-state index contributed by atoms with van der Waals surface area (Å²) >= 11 is 0. The van der Waals surface area contributed by atoms with E-state index in [1.807, 2.05) is 0 Å². The summed E-state index contributed by atoms with van der Waals surface area (Å²) in [5, 5.41) is 15.1. The van der Waals surface area contributed by atoms with Crippen molar-refractivity contribution in [1.29, 1.82) is 0 Å². The summed E-state index contributed by atoms with van der Waals surface area (Å²) in [6.07, 6.45) is -4.06. The van der Waals surface area contributed by atoms with Crippen LogP contribution in [0.1, 0.15) is 36.3 Å². The molecular weight excluding hydrogens is 251 g/mol. The van der Waals surface area contributed by atoms with Crippen molar-refractivity contribution in [1.82, 2.24) is 9.78 Å². The van der Waals surface area contributed by atoms with Crippen molar-refractivity contribution in [2.75, 3.05) is 5.32 Å². The van der Waals surface area contributed by atoms with Gasteiger partial charge in [0.15, 0.2) is 11.7 Å². The molecule has 0 saturated carbocycles. The zero-order chi connectivity index (χ0) is 13.5. The third-order valence-corrected chi connectivity index (χ3v) is 2.98. The fourth-order valence-electron chi connectivity index (χ4n) is 2.02. The number of nitrogens with zero attached hydrogens (tertiary/aromatic N) is 2. The second-order valence-corrected chi connectivity index (χ2v) is 4.21. The summed E-state index contributed by atoms with van der Waals surface area (Å²) in [4.78, 5) is 10.7. The summed E-state index contributed by atoms with van der Waals surface area (Å²) in [6, 6.07) is -0.975. The summed E-state index contributed by atoms with van der Waals surface area (Å²) in [5.41, 5.74) is -0.386. The van der Waals surface area contributed by atoms with Crippen LogP contribution in [0.25, 0.3) is 0 Å². The summed E-state index contributed by atoms with van der Waals surface area (Å²) in [7, 11) is 0. The Morgan fingerprint density at radius 3 is 2.83 bits per heavy atom. The van der Waals surface area contributed by atoms with Crippen molar-refractivity contribution >= 4 is 11.8 Å². The van der Waals surface area contributed by atoms with Crippen LogP contribution in [-0.2, 0) is 0 Å². The monoisotopic (exact) mass is 263 g/mol. The predicted molar refractivity (Wildman–Crippen MR) is 56.6 cm³/mol. The van der Waals surface area contributed by atoms with Crippen LogP contribution in [0, 0.1) is 0 Å². The number of fused-ring (bicyclic) bond motifs is 1. The molecule has 5 nitrogen and oxygen atoms in total. The van der Waals surface area contributed by atoms with E-state index in [-0.39, 0.29) is 24.0 Å². The van der Waals surface area contributed by atoms with Crippen LogP contribution in [0.3, 0.4) is 0 Å². The van der Waals surface area contributed by atoms with E-state index in [1.54, 1.807) is 6.92 Å². The van der Waals surface area contributed by atoms with Gasteiger partial charge < -0.3 is 10.4 Å². The number of nitrogens with one attached hydrogen (secondary N) is 1. The van der Waals surface area contributed by atoms with Gasteiger partial charge in [-0.2, -0.15) is 18.3 Å². The first-order valence-corrected chi connectivity index (χ1v) is 5.49. The SMILES string of the molecule is CC[C@H]1C[C@@H](C(F)(F)F)n2nc(C(=O)O)cc2N1. The van der Waals surface area contributed by atoms with Crippen LogP contribution in [-0.4, -0.2) is 33.1 Å². The second-order valence-electron chi connectivity index (χ2n) is 4.21. The van der Waals surface area contributed by atoms with Crippen molar-refractivity contribution in [3.05, 3.63) is 11.8 Å². The summed E-state index contributed by atoms with van der Waals surface area (Å²) < 4.78 is 39.4. The number of alkyl halides is 3. The van der Waals surface area contributed by atoms with Crippen LogP contribution in [0.15, 0.2) is 6.07 Å². The lowest BCUT2D eigenvalue weighted by atomic mass is 10.0. The molecule has 0 fully saturated rings. The van der Waals surface area contributed by atoms with Gasteiger partial charge in [0.2, 0.25) is 0 Å². The van der Waals surface area contributed by atoms with Gasteiger partial charge in [-0.3, -0.25) is 0 Å². The smallest absolute Gasteiger partial charge is 0.410 e. The lowest BCUT2D eigenvalue weighted by Gasteiger charge is -2.32. The van der Waals surface area contributed by atoms with E-state index in [9.17, 15) is 18.0 Å². The van der Waals surface area contributed by atoms with Gasteiger partial charge in [0.25, 0.3) is 0 Å². The van der Waals surface area contributed by atoms with Gasteiger partial charge in [0.05, 0.1) is 0 Å². The summed E-state index contributed by atoms with van der Waals surface area (Å²) in [5.74, 6) is -1.24. The van der Waals surface area contributed by atoms with Crippen molar-refractivity contribution in [3.63, 3.8) is 0 Å². The molecule has 1 aromatic rings. The summed E-state index contributed by atoms with van der Waals surface area (Å²) in [6.45, 7) is 1.77. The topological polar surface area (TPSA) is 67.2 Å². The number of anilines is 1. The molecule has 0 radical (unpaired) electrons. The maximum absolute atomic E-state index is 12.9. The highest BCUT2D eigenvalue weighted by molar-refractivity contribution is 5.86. The number of hydrogen-bond donors (Lipinski definition) is 2. The third-order valence-electron chi connectivity index (χ3n) is 2.98. The number of rotatable bonds is 2.